The molecule has 4 amide bonds. The molecule has 2 aromatic carbocycles. The Bertz CT molecular complexity index is 2020. The van der Waals surface area contributed by atoms with E-state index in [2.05, 4.69) is 84.2 Å². The van der Waals surface area contributed by atoms with Crippen molar-refractivity contribution in [3.8, 4) is 22.4 Å². The summed E-state index contributed by atoms with van der Waals surface area (Å²) in [6.07, 6.45) is 4.04. The number of carbonyl (C=O) groups excluding carboxylic acids is 4. The van der Waals surface area contributed by atoms with Crippen LogP contribution >= 0.6 is 11.3 Å². The molecule has 7 rings (SSSR count). The van der Waals surface area contributed by atoms with Gasteiger partial charge in [-0.1, -0.05) is 48.5 Å². The highest BCUT2D eigenvalue weighted by molar-refractivity contribution is 7.07. The van der Waals surface area contributed by atoms with E-state index in [4.69, 9.17) is 9.73 Å². The fraction of sp³-hybridized carbons (Fsp3) is 0.410. The first-order chi connectivity index (χ1) is 26.7. The first kappa shape index (κ1) is 37.5. The number of amides is 4. The molecular weight excluding hydrogens is 723 g/mol. The zero-order valence-corrected chi connectivity index (χ0v) is 31.8. The van der Waals surface area contributed by atoms with Crippen LogP contribution in [0.4, 0.5) is 9.59 Å². The van der Waals surface area contributed by atoms with Crippen LogP contribution in [-0.4, -0.2) is 107 Å². The number of aromatic amines is 1. The predicted molar refractivity (Wildman–Crippen MR) is 206 cm³/mol. The summed E-state index contributed by atoms with van der Waals surface area (Å²) in [4.78, 5) is 71.4. The predicted octanol–water partition coefficient (Wildman–Crippen LogP) is 4.61. The number of aromatic nitrogens is 3. The molecule has 0 radical (unpaired) electrons. The summed E-state index contributed by atoms with van der Waals surface area (Å²) in [6, 6.07) is 14.8. The van der Waals surface area contributed by atoms with E-state index < -0.39 is 24.3 Å². The van der Waals surface area contributed by atoms with E-state index in [0.717, 1.165) is 65.2 Å². The number of alkyl carbamates (subject to hydrolysis) is 2. The molecule has 1 unspecified atom stereocenters. The molecule has 16 heteroatoms. The fourth-order valence-electron chi connectivity index (χ4n) is 7.58. The third-order valence-electron chi connectivity index (χ3n) is 10.5. The minimum absolute atomic E-state index is 0.00297. The number of methoxy groups -OCH3 is 2. The van der Waals surface area contributed by atoms with Gasteiger partial charge in [0.1, 0.15) is 23.7 Å². The first-order valence-electron chi connectivity index (χ1n) is 18.5. The Balaban J connectivity index is 0.964. The van der Waals surface area contributed by atoms with Gasteiger partial charge in [0.05, 0.1) is 62.0 Å². The Labute approximate surface area is 322 Å². The van der Waals surface area contributed by atoms with Gasteiger partial charge in [-0.05, 0) is 54.9 Å². The van der Waals surface area contributed by atoms with Crippen molar-refractivity contribution in [3.63, 3.8) is 0 Å². The average Bonchev–Trinajstić information content (AvgIpc) is 4.06. The minimum atomic E-state index is -0.806. The van der Waals surface area contributed by atoms with Crippen LogP contribution in [0.15, 0.2) is 70.6 Å². The molecule has 3 aliphatic heterocycles. The van der Waals surface area contributed by atoms with Gasteiger partial charge in [0.15, 0.2) is 0 Å². The largest absolute Gasteiger partial charge is 0.453 e. The smallest absolute Gasteiger partial charge is 0.407 e. The molecule has 55 heavy (non-hydrogen) atoms. The van der Waals surface area contributed by atoms with E-state index in [1.165, 1.54) is 25.6 Å². The van der Waals surface area contributed by atoms with Crippen molar-refractivity contribution in [2.24, 2.45) is 4.99 Å². The number of hydrogen-bond donors (Lipinski definition) is 4. The maximum atomic E-state index is 13.8. The molecule has 0 bridgehead atoms. The Morgan fingerprint density at radius 1 is 0.855 bits per heavy atom. The Morgan fingerprint density at radius 3 is 2.16 bits per heavy atom. The van der Waals surface area contributed by atoms with Crippen LogP contribution in [0.2, 0.25) is 0 Å². The number of nitrogens with one attached hydrogen (secondary N) is 4. The molecule has 2 aromatic heterocycles. The summed E-state index contributed by atoms with van der Waals surface area (Å²) >= 11 is 1.44. The monoisotopic (exact) mass is 767 g/mol. The normalized spacial score (nSPS) is 20.3. The minimum Gasteiger partial charge on any atom is -0.453 e. The Morgan fingerprint density at radius 2 is 1.49 bits per heavy atom. The lowest BCUT2D eigenvalue weighted by molar-refractivity contribution is -0.134. The van der Waals surface area contributed by atoms with Crippen molar-refractivity contribution in [1.29, 1.82) is 0 Å². The number of rotatable bonds is 11. The third-order valence-corrected chi connectivity index (χ3v) is 11.1. The van der Waals surface area contributed by atoms with E-state index >= 15 is 0 Å². The van der Waals surface area contributed by atoms with E-state index in [1.807, 2.05) is 5.38 Å². The lowest BCUT2D eigenvalue weighted by Crippen LogP contribution is -2.52. The van der Waals surface area contributed by atoms with Crippen LogP contribution in [0.3, 0.4) is 0 Å². The van der Waals surface area contributed by atoms with E-state index in [1.54, 1.807) is 28.4 Å². The van der Waals surface area contributed by atoms with Crippen LogP contribution in [0.1, 0.15) is 61.8 Å². The van der Waals surface area contributed by atoms with Gasteiger partial charge in [-0.2, -0.15) is 0 Å². The summed E-state index contributed by atoms with van der Waals surface area (Å²) in [6.45, 7) is 3.42. The quantitative estimate of drug-likeness (QED) is 0.169. The number of nitrogens with zero attached hydrogens (tertiary/aromatic N) is 5. The second-order valence-electron chi connectivity index (χ2n) is 13.9. The first-order valence-corrected chi connectivity index (χ1v) is 19.4. The number of carbonyl (C=O) groups is 4. The van der Waals surface area contributed by atoms with Crippen LogP contribution in [-0.2, 0) is 25.5 Å². The van der Waals surface area contributed by atoms with Crippen molar-refractivity contribution >= 4 is 41.2 Å². The summed E-state index contributed by atoms with van der Waals surface area (Å²) in [5.74, 6) is 1.16. The molecule has 15 nitrogen and oxygen atoms in total. The Hall–Kier alpha value is -5.77. The summed E-state index contributed by atoms with van der Waals surface area (Å²) in [5.41, 5.74) is 7.51. The molecular formula is C39H45N9O6S. The molecule has 288 valence electrons. The maximum Gasteiger partial charge on any atom is 0.407 e. The van der Waals surface area contributed by atoms with Crippen LogP contribution in [0.5, 0.6) is 0 Å². The topological polar surface area (TPSA) is 183 Å². The molecule has 0 aliphatic carbocycles. The van der Waals surface area contributed by atoms with E-state index in [0.29, 0.717) is 25.5 Å². The van der Waals surface area contributed by atoms with Crippen LogP contribution < -0.4 is 16.0 Å². The molecule has 4 N–H and O–H groups in total. The second-order valence-corrected chi connectivity index (χ2v) is 14.6. The fourth-order valence-corrected chi connectivity index (χ4v) is 8.15. The number of likely N-dealkylation sites (tertiary alicyclic amines) is 2. The zero-order chi connectivity index (χ0) is 38.5. The number of hydrogen-bond acceptors (Lipinski definition) is 11. The number of ether oxygens (including phenoxy) is 2. The van der Waals surface area contributed by atoms with Gasteiger partial charge >= 0.3 is 12.2 Å². The number of aliphatic imine (C=N–C) groups is 1. The van der Waals surface area contributed by atoms with Gasteiger partial charge in [0, 0.05) is 24.9 Å². The van der Waals surface area contributed by atoms with Crippen LogP contribution in [0.25, 0.3) is 22.4 Å². The molecule has 5 atom stereocenters. The van der Waals surface area contributed by atoms with Crippen molar-refractivity contribution < 1.29 is 28.7 Å². The highest BCUT2D eigenvalue weighted by Gasteiger charge is 2.38. The third kappa shape index (κ3) is 8.33. The van der Waals surface area contributed by atoms with E-state index in [-0.39, 0.29) is 36.4 Å². The molecule has 4 aromatic rings. The van der Waals surface area contributed by atoms with Crippen molar-refractivity contribution in [2.45, 2.75) is 69.2 Å². The summed E-state index contributed by atoms with van der Waals surface area (Å²) in [7, 11) is 2.55. The van der Waals surface area contributed by atoms with Gasteiger partial charge in [0.25, 0.3) is 0 Å². The summed E-state index contributed by atoms with van der Waals surface area (Å²) < 4.78 is 9.45. The van der Waals surface area contributed by atoms with Crippen molar-refractivity contribution in [1.82, 2.24) is 40.7 Å². The SMILES string of the molecule is COC(=O)N[C@@H](C)C(=O)N1CCC[C@H]1C1=NCC(c2ccc(-c3ccc(-c4cnc([C@@H]5CCCN5C(=O)[C@H](Cc5cscn5)NC(=O)OC)[nH]4)cc3)cc2)N1. The zero-order valence-electron chi connectivity index (χ0n) is 31.0. The molecule has 0 spiro atoms. The number of H-pyrrole nitrogens is 1. The highest BCUT2D eigenvalue weighted by Crippen LogP contribution is 2.33. The van der Waals surface area contributed by atoms with E-state index in [9.17, 15) is 19.2 Å². The van der Waals surface area contributed by atoms with Crippen molar-refractivity contribution in [2.75, 3.05) is 33.9 Å². The second kappa shape index (κ2) is 16.7. The molecule has 5 heterocycles. The maximum absolute atomic E-state index is 13.8. The van der Waals surface area contributed by atoms with Gasteiger partial charge in [-0.3, -0.25) is 14.6 Å². The van der Waals surface area contributed by atoms with Gasteiger partial charge in [-0.25, -0.2) is 19.6 Å². The highest BCUT2D eigenvalue weighted by atomic mass is 32.1. The number of amidine groups is 1. The molecule has 2 saturated heterocycles. The van der Waals surface area contributed by atoms with Gasteiger partial charge < -0.3 is 40.2 Å². The lowest BCUT2D eigenvalue weighted by Gasteiger charge is -2.28. The van der Waals surface area contributed by atoms with Crippen LogP contribution in [0, 0.1) is 0 Å². The average molecular weight is 768 g/mol. The van der Waals surface area contributed by atoms with Crippen molar-refractivity contribution in [3.05, 3.63) is 82.7 Å². The molecule has 0 saturated carbocycles. The molecule has 3 aliphatic rings. The summed E-state index contributed by atoms with van der Waals surface area (Å²) in [5, 5.41) is 10.7. The molecule has 2 fully saturated rings. The number of thiazole rings is 1. The Kier molecular flexibility index (Phi) is 11.4. The number of benzene rings is 2. The lowest BCUT2D eigenvalue weighted by atomic mass is 9.99. The van der Waals surface area contributed by atoms with Gasteiger partial charge in [0.2, 0.25) is 11.8 Å². The van der Waals surface area contributed by atoms with Gasteiger partial charge in [-0.15, -0.1) is 11.3 Å². The standard InChI is InChI=1S/C39H45N9O6S/c1-23(43-38(51)53-2)36(49)47-16-4-6-32(47)34-40-19-30(44-34)26-12-8-24(9-13-26)25-10-14-27(15-11-25)31-20-41-35(45-31)33-7-5-17-48(33)37(50)29(46-39(52)54-3)18-28-21-55-22-42-28/h8-15,20-23,29-30,32-33H,4-7,16-19H2,1-3H3,(H,40,44)(H,41,45)(H,43,51)(H,46,52)/t23-,29-,30?,32-,33-/m0/s1. The number of imidazole rings is 1.